The van der Waals surface area contributed by atoms with Crippen LogP contribution < -0.4 is 9.73 Å². The molecule has 0 bridgehead atoms. The largest absolute Gasteiger partial charge is 0.271 e. The molecule has 0 atom stereocenters. The highest BCUT2D eigenvalue weighted by molar-refractivity contribution is 9.10. The molecule has 0 aliphatic rings. The van der Waals surface area contributed by atoms with E-state index in [0.717, 1.165) is 10.6 Å². The Morgan fingerprint density at radius 2 is 2.00 bits per heavy atom. The van der Waals surface area contributed by atoms with Crippen molar-refractivity contribution in [2.75, 3.05) is 17.1 Å². The second-order valence-corrected chi connectivity index (χ2v) is 8.29. The van der Waals surface area contributed by atoms with Crippen LogP contribution in [-0.4, -0.2) is 33.3 Å². The first-order valence-corrected chi connectivity index (χ1v) is 10.1. The summed E-state index contributed by atoms with van der Waals surface area (Å²) in [6.07, 6.45) is 2.43. The van der Waals surface area contributed by atoms with Gasteiger partial charge in [0.1, 0.15) is 6.54 Å². The van der Waals surface area contributed by atoms with Crippen LogP contribution in [0.15, 0.2) is 58.1 Å². The van der Waals surface area contributed by atoms with Crippen LogP contribution in [-0.2, 0) is 14.8 Å². The molecule has 0 fully saturated rings. The maximum Gasteiger partial charge on any atom is 0.260 e. The quantitative estimate of drug-likeness (QED) is 0.549. The third-order valence-electron chi connectivity index (χ3n) is 3.08. The van der Waals surface area contributed by atoms with E-state index in [2.05, 4.69) is 26.5 Å². The van der Waals surface area contributed by atoms with Crippen molar-refractivity contribution in [1.82, 2.24) is 5.43 Å². The predicted octanol–water partition coefficient (Wildman–Crippen LogP) is 3.02. The Morgan fingerprint density at radius 3 is 2.64 bits per heavy atom. The van der Waals surface area contributed by atoms with Crippen LogP contribution in [0.5, 0.6) is 0 Å². The van der Waals surface area contributed by atoms with Crippen molar-refractivity contribution in [3.05, 3.63) is 63.6 Å². The van der Waals surface area contributed by atoms with Gasteiger partial charge in [-0.15, -0.1) is 0 Å². The molecule has 0 saturated heterocycles. The van der Waals surface area contributed by atoms with E-state index in [-0.39, 0.29) is 0 Å². The summed E-state index contributed by atoms with van der Waals surface area (Å²) in [5, 5.41) is 4.30. The molecule has 9 heteroatoms. The smallest absolute Gasteiger partial charge is 0.260 e. The van der Waals surface area contributed by atoms with E-state index >= 15 is 0 Å². The number of nitrogens with one attached hydrogen (secondary N) is 1. The molecular weight excluding hydrogens is 430 g/mol. The third-order valence-corrected chi connectivity index (χ3v) is 5.06. The van der Waals surface area contributed by atoms with Gasteiger partial charge >= 0.3 is 0 Å². The van der Waals surface area contributed by atoms with Gasteiger partial charge in [0.25, 0.3) is 5.91 Å². The first-order chi connectivity index (χ1) is 11.8. The number of hydrogen-bond acceptors (Lipinski definition) is 4. The van der Waals surface area contributed by atoms with Gasteiger partial charge in [-0.1, -0.05) is 51.8 Å². The average Bonchev–Trinajstić information content (AvgIpc) is 2.53. The van der Waals surface area contributed by atoms with Crippen LogP contribution in [0, 0.1) is 0 Å². The Kier molecular flexibility index (Phi) is 6.57. The number of amides is 1. The van der Waals surface area contributed by atoms with Crippen LogP contribution in [0.3, 0.4) is 0 Å². The molecule has 0 aliphatic carbocycles. The number of sulfonamides is 1. The highest BCUT2D eigenvalue weighted by Gasteiger charge is 2.20. The fourth-order valence-corrected chi connectivity index (χ4v) is 3.37. The summed E-state index contributed by atoms with van der Waals surface area (Å²) in [4.78, 5) is 12.1. The van der Waals surface area contributed by atoms with E-state index in [0.29, 0.717) is 20.7 Å². The van der Waals surface area contributed by atoms with Crippen molar-refractivity contribution in [1.29, 1.82) is 0 Å². The summed E-state index contributed by atoms with van der Waals surface area (Å²) < 4.78 is 25.7. The molecule has 0 aromatic heterocycles. The van der Waals surface area contributed by atoms with E-state index in [1.54, 1.807) is 48.5 Å². The third kappa shape index (κ3) is 5.84. The van der Waals surface area contributed by atoms with E-state index < -0.39 is 22.5 Å². The topological polar surface area (TPSA) is 78.8 Å². The number of hydrazone groups is 1. The van der Waals surface area contributed by atoms with Crippen molar-refractivity contribution < 1.29 is 13.2 Å². The van der Waals surface area contributed by atoms with Gasteiger partial charge in [0, 0.05) is 15.1 Å². The number of carbonyl (C=O) groups excluding carboxylic acids is 1. The molecule has 25 heavy (non-hydrogen) atoms. The number of halogens is 2. The van der Waals surface area contributed by atoms with Crippen molar-refractivity contribution >= 4 is 55.4 Å². The van der Waals surface area contributed by atoms with Crippen LogP contribution >= 0.6 is 27.5 Å². The lowest BCUT2D eigenvalue weighted by atomic mass is 10.2. The van der Waals surface area contributed by atoms with E-state index in [4.69, 9.17) is 11.6 Å². The van der Waals surface area contributed by atoms with Crippen LogP contribution in [0.2, 0.25) is 5.02 Å². The van der Waals surface area contributed by atoms with Gasteiger partial charge in [-0.2, -0.15) is 5.10 Å². The lowest BCUT2D eigenvalue weighted by molar-refractivity contribution is -0.119. The predicted molar refractivity (Wildman–Crippen MR) is 104 cm³/mol. The Bertz CT molecular complexity index is 903. The Hall–Kier alpha value is -1.90. The number of anilines is 1. The summed E-state index contributed by atoms with van der Waals surface area (Å²) >= 11 is 9.26. The van der Waals surface area contributed by atoms with Crippen LogP contribution in [0.4, 0.5) is 5.69 Å². The Labute approximate surface area is 159 Å². The van der Waals surface area contributed by atoms with Crippen molar-refractivity contribution in [2.24, 2.45) is 5.10 Å². The molecule has 0 unspecified atom stereocenters. The standard InChI is InChI=1S/C16H15BrClN3O3S/c1-25(23,24)21(14-7-4-6-13(17)9-14)11-16(22)20-19-10-12-5-2-3-8-15(12)18/h2-10H,11H2,1H3,(H,20,22)/b19-10-. The van der Waals surface area contributed by atoms with Crippen molar-refractivity contribution in [3.63, 3.8) is 0 Å². The number of rotatable bonds is 6. The molecule has 1 amide bonds. The monoisotopic (exact) mass is 443 g/mol. The van der Waals surface area contributed by atoms with Gasteiger partial charge in [0.05, 0.1) is 18.2 Å². The molecule has 2 aromatic rings. The molecule has 0 aliphatic heterocycles. The first-order valence-electron chi connectivity index (χ1n) is 7.07. The Morgan fingerprint density at radius 1 is 1.28 bits per heavy atom. The van der Waals surface area contributed by atoms with Gasteiger partial charge in [-0.3, -0.25) is 9.10 Å². The summed E-state index contributed by atoms with van der Waals surface area (Å²) in [5.41, 5.74) is 3.31. The number of benzene rings is 2. The number of carbonyl (C=O) groups is 1. The number of hydrogen-bond donors (Lipinski definition) is 1. The zero-order valence-corrected chi connectivity index (χ0v) is 16.3. The molecular formula is C16H15BrClN3O3S. The van der Waals surface area contributed by atoms with Crippen molar-refractivity contribution in [2.45, 2.75) is 0 Å². The second kappa shape index (κ2) is 8.46. The van der Waals surface area contributed by atoms with E-state index in [9.17, 15) is 13.2 Å². The first kappa shape index (κ1) is 19.4. The molecule has 2 rings (SSSR count). The minimum atomic E-state index is -3.64. The minimum absolute atomic E-state index is 0.377. The Balaban J connectivity index is 2.09. The molecule has 6 nitrogen and oxygen atoms in total. The molecule has 0 radical (unpaired) electrons. The van der Waals surface area contributed by atoms with Crippen LogP contribution in [0.1, 0.15) is 5.56 Å². The molecule has 132 valence electrons. The summed E-state index contributed by atoms with van der Waals surface area (Å²) in [6.45, 7) is -0.394. The SMILES string of the molecule is CS(=O)(=O)N(CC(=O)N/N=C\c1ccccc1Cl)c1cccc(Br)c1. The van der Waals surface area contributed by atoms with E-state index in [1.807, 2.05) is 0 Å². The highest BCUT2D eigenvalue weighted by atomic mass is 79.9. The molecule has 0 spiro atoms. The van der Waals surface area contributed by atoms with Gasteiger partial charge in [-0.25, -0.2) is 13.8 Å². The van der Waals surface area contributed by atoms with Crippen LogP contribution in [0.25, 0.3) is 0 Å². The van der Waals surface area contributed by atoms with E-state index in [1.165, 1.54) is 6.21 Å². The normalized spacial score (nSPS) is 11.5. The minimum Gasteiger partial charge on any atom is -0.271 e. The van der Waals surface area contributed by atoms with Crippen molar-refractivity contribution in [3.8, 4) is 0 Å². The second-order valence-electron chi connectivity index (χ2n) is 5.06. The lowest BCUT2D eigenvalue weighted by Gasteiger charge is -2.21. The van der Waals surface area contributed by atoms with Gasteiger partial charge in [0.2, 0.25) is 10.0 Å². The fraction of sp³-hybridized carbons (Fsp3) is 0.125. The summed E-state index contributed by atoms with van der Waals surface area (Å²) in [6, 6.07) is 13.7. The zero-order chi connectivity index (χ0) is 18.4. The van der Waals surface area contributed by atoms with Gasteiger partial charge < -0.3 is 0 Å². The molecule has 2 aromatic carbocycles. The molecule has 0 heterocycles. The highest BCUT2D eigenvalue weighted by Crippen LogP contribution is 2.21. The van der Waals surface area contributed by atoms with Gasteiger partial charge in [-0.05, 0) is 24.3 Å². The summed E-state index contributed by atoms with van der Waals surface area (Å²) in [5.74, 6) is -0.575. The fourth-order valence-electron chi connectivity index (χ4n) is 1.95. The van der Waals surface area contributed by atoms with Gasteiger partial charge in [0.15, 0.2) is 0 Å². The zero-order valence-electron chi connectivity index (χ0n) is 13.2. The average molecular weight is 445 g/mol. The maximum absolute atomic E-state index is 12.1. The number of nitrogens with zero attached hydrogens (tertiary/aromatic N) is 2. The summed E-state index contributed by atoms with van der Waals surface area (Å²) in [7, 11) is -3.64. The lowest BCUT2D eigenvalue weighted by Crippen LogP contribution is -2.39. The molecule has 0 saturated carbocycles. The maximum atomic E-state index is 12.1. The molecule has 1 N–H and O–H groups in total.